The van der Waals surface area contributed by atoms with Gasteiger partial charge in [-0.25, -0.2) is 4.98 Å². The molecule has 3 heteroatoms. The van der Waals surface area contributed by atoms with E-state index in [1.165, 1.54) is 0 Å². The van der Waals surface area contributed by atoms with Gasteiger partial charge in [-0.2, -0.15) is 0 Å². The second-order valence-corrected chi connectivity index (χ2v) is 5.22. The van der Waals surface area contributed by atoms with Crippen LogP contribution in [0.25, 0.3) is 0 Å². The van der Waals surface area contributed by atoms with Crippen LogP contribution in [0.1, 0.15) is 45.8 Å². The molecule has 3 nitrogen and oxygen atoms in total. The predicted octanol–water partition coefficient (Wildman–Crippen LogP) is 3.01. The van der Waals surface area contributed by atoms with Gasteiger partial charge in [-0.05, 0) is 37.8 Å². The predicted molar refractivity (Wildman–Crippen MR) is 72.2 cm³/mol. The van der Waals surface area contributed by atoms with Crippen molar-refractivity contribution in [2.45, 2.75) is 46.3 Å². The summed E-state index contributed by atoms with van der Waals surface area (Å²) < 4.78 is 0. The molecule has 0 fully saturated rings. The van der Waals surface area contributed by atoms with Crippen molar-refractivity contribution in [3.05, 3.63) is 23.9 Å². The first-order valence-electron chi connectivity index (χ1n) is 6.28. The van der Waals surface area contributed by atoms with Crippen molar-refractivity contribution in [2.24, 2.45) is 5.92 Å². The Morgan fingerprint density at radius 2 is 1.88 bits per heavy atom. The number of hydrogen-bond donors (Lipinski definition) is 1. The van der Waals surface area contributed by atoms with E-state index >= 15 is 0 Å². The highest BCUT2D eigenvalue weighted by Crippen LogP contribution is 2.19. The summed E-state index contributed by atoms with van der Waals surface area (Å²) in [7, 11) is 2.07. The molecule has 0 aliphatic rings. The van der Waals surface area contributed by atoms with Crippen LogP contribution >= 0.6 is 0 Å². The van der Waals surface area contributed by atoms with Gasteiger partial charge in [-0.1, -0.05) is 19.9 Å². The summed E-state index contributed by atoms with van der Waals surface area (Å²) in [5.41, 5.74) is 0.860. The van der Waals surface area contributed by atoms with Crippen molar-refractivity contribution in [3.63, 3.8) is 0 Å². The van der Waals surface area contributed by atoms with E-state index in [0.29, 0.717) is 12.0 Å². The van der Waals surface area contributed by atoms with Gasteiger partial charge < -0.3 is 10.0 Å². The van der Waals surface area contributed by atoms with Crippen molar-refractivity contribution in [1.82, 2.24) is 4.98 Å². The minimum atomic E-state index is -0.449. The summed E-state index contributed by atoms with van der Waals surface area (Å²) in [6, 6.07) is 4.38. The second-order valence-electron chi connectivity index (χ2n) is 5.22. The van der Waals surface area contributed by atoms with E-state index in [1.807, 2.05) is 12.1 Å². The van der Waals surface area contributed by atoms with Crippen LogP contribution in [0.4, 0.5) is 5.82 Å². The number of rotatable bonds is 5. The molecule has 0 saturated heterocycles. The van der Waals surface area contributed by atoms with Gasteiger partial charge in [0.2, 0.25) is 0 Å². The molecular formula is C14H24N2O. The lowest BCUT2D eigenvalue weighted by Crippen LogP contribution is -2.30. The summed E-state index contributed by atoms with van der Waals surface area (Å²) in [5, 5.41) is 9.43. The molecular weight excluding hydrogens is 212 g/mol. The molecule has 1 aromatic rings. The molecule has 2 atom stereocenters. The van der Waals surface area contributed by atoms with E-state index < -0.39 is 6.10 Å². The zero-order valence-corrected chi connectivity index (χ0v) is 11.5. The molecule has 17 heavy (non-hydrogen) atoms. The molecule has 1 heterocycles. The fourth-order valence-electron chi connectivity index (χ4n) is 1.92. The van der Waals surface area contributed by atoms with E-state index in [4.69, 9.17) is 0 Å². The van der Waals surface area contributed by atoms with E-state index in [0.717, 1.165) is 17.8 Å². The maximum Gasteiger partial charge on any atom is 0.128 e. The largest absolute Gasteiger partial charge is 0.389 e. The minimum absolute atomic E-state index is 0.449. The average molecular weight is 236 g/mol. The Bertz CT molecular complexity index is 333. The second kappa shape index (κ2) is 6.01. The average Bonchev–Trinajstić information content (AvgIpc) is 2.27. The third kappa shape index (κ3) is 4.00. The highest BCUT2D eigenvalue weighted by Gasteiger charge is 2.13. The molecule has 0 amide bonds. The van der Waals surface area contributed by atoms with Gasteiger partial charge in [-0.3, -0.25) is 0 Å². The van der Waals surface area contributed by atoms with Crippen LogP contribution in [-0.4, -0.2) is 23.2 Å². The molecule has 1 unspecified atom stereocenters. The van der Waals surface area contributed by atoms with E-state index in [9.17, 15) is 5.11 Å². The first-order chi connectivity index (χ1) is 7.91. The van der Waals surface area contributed by atoms with Crippen molar-refractivity contribution in [2.75, 3.05) is 11.9 Å². The lowest BCUT2D eigenvalue weighted by atomic mass is 10.0. The Balaban J connectivity index is 2.72. The van der Waals surface area contributed by atoms with Gasteiger partial charge in [0.1, 0.15) is 5.82 Å². The molecule has 96 valence electrons. The molecule has 0 spiro atoms. The molecule has 0 aromatic carbocycles. The molecule has 1 rings (SSSR count). The number of anilines is 1. The third-order valence-electron chi connectivity index (χ3n) is 3.09. The minimum Gasteiger partial charge on any atom is -0.389 e. The van der Waals surface area contributed by atoms with Gasteiger partial charge in [0, 0.05) is 19.3 Å². The van der Waals surface area contributed by atoms with Crippen LogP contribution in [0.5, 0.6) is 0 Å². The highest BCUT2D eigenvalue weighted by atomic mass is 16.3. The third-order valence-corrected chi connectivity index (χ3v) is 3.09. The molecule has 0 radical (unpaired) electrons. The summed E-state index contributed by atoms with van der Waals surface area (Å²) >= 11 is 0. The van der Waals surface area contributed by atoms with Crippen LogP contribution in [0.3, 0.4) is 0 Å². The van der Waals surface area contributed by atoms with E-state index in [1.54, 1.807) is 13.1 Å². The Hall–Kier alpha value is -1.09. The van der Waals surface area contributed by atoms with Gasteiger partial charge >= 0.3 is 0 Å². The van der Waals surface area contributed by atoms with Crippen molar-refractivity contribution in [3.8, 4) is 0 Å². The first-order valence-corrected chi connectivity index (χ1v) is 6.28. The number of aromatic nitrogens is 1. The Labute approximate surface area is 104 Å². The monoisotopic (exact) mass is 236 g/mol. The van der Waals surface area contributed by atoms with Crippen molar-refractivity contribution in [1.29, 1.82) is 0 Å². The normalized spacial score (nSPS) is 14.8. The van der Waals surface area contributed by atoms with Crippen molar-refractivity contribution >= 4 is 5.82 Å². The molecule has 0 aliphatic carbocycles. The smallest absolute Gasteiger partial charge is 0.128 e. The molecule has 0 saturated carbocycles. The zero-order chi connectivity index (χ0) is 13.0. The van der Waals surface area contributed by atoms with Crippen LogP contribution in [0.2, 0.25) is 0 Å². The topological polar surface area (TPSA) is 36.4 Å². The number of hydrogen-bond acceptors (Lipinski definition) is 3. The number of aliphatic hydroxyl groups is 1. The Morgan fingerprint density at radius 1 is 1.24 bits per heavy atom. The summed E-state index contributed by atoms with van der Waals surface area (Å²) in [6.45, 7) is 8.43. The first kappa shape index (κ1) is 14.0. The van der Waals surface area contributed by atoms with Gasteiger partial charge in [0.25, 0.3) is 0 Å². The number of pyridine rings is 1. The zero-order valence-electron chi connectivity index (χ0n) is 11.5. The molecule has 0 aliphatic heterocycles. The van der Waals surface area contributed by atoms with Crippen molar-refractivity contribution < 1.29 is 5.11 Å². The molecule has 0 bridgehead atoms. The lowest BCUT2D eigenvalue weighted by Gasteiger charge is -2.27. The fraction of sp³-hybridized carbons (Fsp3) is 0.643. The maximum atomic E-state index is 9.43. The van der Waals surface area contributed by atoms with Crippen LogP contribution in [0.15, 0.2) is 18.3 Å². The maximum absolute atomic E-state index is 9.43. The summed E-state index contributed by atoms with van der Waals surface area (Å²) in [4.78, 5) is 6.58. The summed E-state index contributed by atoms with van der Waals surface area (Å²) in [5.74, 6) is 1.65. The number of nitrogens with zero attached hydrogens (tertiary/aromatic N) is 2. The van der Waals surface area contributed by atoms with E-state index in [2.05, 4.69) is 37.7 Å². The lowest BCUT2D eigenvalue weighted by molar-refractivity contribution is 0.199. The quantitative estimate of drug-likeness (QED) is 0.853. The van der Waals surface area contributed by atoms with Crippen LogP contribution in [0, 0.1) is 5.92 Å². The molecule has 1 N–H and O–H groups in total. The Kier molecular flexibility index (Phi) is 4.94. The van der Waals surface area contributed by atoms with Crippen LogP contribution < -0.4 is 4.90 Å². The van der Waals surface area contributed by atoms with Gasteiger partial charge in [-0.15, -0.1) is 0 Å². The SMILES string of the molecule is CC(C)CC(C)N(C)c1ccc([C@@H](C)O)cn1. The summed E-state index contributed by atoms with van der Waals surface area (Å²) in [6.07, 6.45) is 2.45. The molecule has 1 aromatic heterocycles. The highest BCUT2D eigenvalue weighted by molar-refractivity contribution is 5.39. The van der Waals surface area contributed by atoms with Gasteiger partial charge in [0.05, 0.1) is 6.10 Å². The van der Waals surface area contributed by atoms with E-state index in [-0.39, 0.29) is 0 Å². The van der Waals surface area contributed by atoms with Crippen LogP contribution in [-0.2, 0) is 0 Å². The standard InChI is InChI=1S/C14H24N2O/c1-10(2)8-11(3)16(5)14-7-6-13(9-15-14)12(4)17/h6-7,9-12,17H,8H2,1-5H3/t11?,12-/m1/s1. The van der Waals surface area contributed by atoms with Gasteiger partial charge in [0.15, 0.2) is 0 Å². The number of aliphatic hydroxyl groups excluding tert-OH is 1. The Morgan fingerprint density at radius 3 is 2.29 bits per heavy atom. The fourth-order valence-corrected chi connectivity index (χ4v) is 1.92.